The van der Waals surface area contributed by atoms with Crippen molar-refractivity contribution in [1.82, 2.24) is 4.90 Å². The lowest BCUT2D eigenvalue weighted by atomic mass is 10.0. The minimum absolute atomic E-state index is 0.0362. The van der Waals surface area contributed by atoms with E-state index in [0.717, 1.165) is 11.3 Å². The van der Waals surface area contributed by atoms with Crippen molar-refractivity contribution >= 4 is 46.0 Å². The lowest BCUT2D eigenvalue weighted by Crippen LogP contribution is -2.27. The van der Waals surface area contributed by atoms with Crippen molar-refractivity contribution < 1.29 is 4.79 Å². The van der Waals surface area contributed by atoms with Crippen LogP contribution in [0.1, 0.15) is 11.1 Å². The van der Waals surface area contributed by atoms with Crippen LogP contribution in [0.5, 0.6) is 0 Å². The predicted octanol–water partition coefficient (Wildman–Crippen LogP) is 4.34. The topological polar surface area (TPSA) is 46.3 Å². The van der Waals surface area contributed by atoms with Gasteiger partial charge in [-0.25, -0.2) is 0 Å². The van der Waals surface area contributed by atoms with Gasteiger partial charge < -0.3 is 5.73 Å². The van der Waals surface area contributed by atoms with E-state index in [2.05, 4.69) is 31.2 Å². The number of thioether (sulfide) groups is 2. The third-order valence-electron chi connectivity index (χ3n) is 4.08. The predicted molar refractivity (Wildman–Crippen MR) is 116 cm³/mol. The SMILES string of the molecule is Cc1ccc2c(c1)CC(N)/C(=C/C=C/C=C/C=C1/SC(=S)N(C)C1=O)S2. The first-order valence-electron chi connectivity index (χ1n) is 8.24. The van der Waals surface area contributed by atoms with Gasteiger partial charge in [-0.05, 0) is 31.1 Å². The van der Waals surface area contributed by atoms with Crippen molar-refractivity contribution in [2.45, 2.75) is 24.3 Å². The molecule has 0 radical (unpaired) electrons. The minimum atomic E-state index is -0.0470. The van der Waals surface area contributed by atoms with Crippen LogP contribution in [0.15, 0.2) is 69.4 Å². The number of thiocarbonyl (C=S) groups is 1. The Morgan fingerprint density at radius 2 is 1.92 bits per heavy atom. The second-order valence-electron chi connectivity index (χ2n) is 6.13. The van der Waals surface area contributed by atoms with Gasteiger partial charge in [-0.15, -0.1) is 0 Å². The summed E-state index contributed by atoms with van der Waals surface area (Å²) < 4.78 is 0.591. The summed E-state index contributed by atoms with van der Waals surface area (Å²) in [7, 11) is 1.69. The highest BCUT2D eigenvalue weighted by molar-refractivity contribution is 8.26. The van der Waals surface area contributed by atoms with E-state index >= 15 is 0 Å². The van der Waals surface area contributed by atoms with Crippen molar-refractivity contribution in [3.05, 3.63) is 75.6 Å². The first-order valence-corrected chi connectivity index (χ1v) is 10.3. The molecule has 2 heterocycles. The first-order chi connectivity index (χ1) is 12.5. The maximum atomic E-state index is 11.9. The van der Waals surface area contributed by atoms with Crippen LogP contribution < -0.4 is 5.73 Å². The molecule has 2 aliphatic heterocycles. The van der Waals surface area contributed by atoms with Crippen LogP contribution in [0, 0.1) is 6.92 Å². The van der Waals surface area contributed by atoms with E-state index in [1.165, 1.54) is 32.7 Å². The average Bonchev–Trinajstić information content (AvgIpc) is 2.85. The van der Waals surface area contributed by atoms with Gasteiger partial charge in [-0.3, -0.25) is 9.69 Å². The Labute approximate surface area is 168 Å². The number of nitrogens with two attached hydrogens (primary N) is 1. The summed E-state index contributed by atoms with van der Waals surface area (Å²) in [6, 6.07) is 6.56. The highest BCUT2D eigenvalue weighted by Crippen LogP contribution is 2.37. The van der Waals surface area contributed by atoms with E-state index < -0.39 is 0 Å². The van der Waals surface area contributed by atoms with Gasteiger partial charge in [0.25, 0.3) is 5.91 Å². The van der Waals surface area contributed by atoms with E-state index in [9.17, 15) is 4.79 Å². The fourth-order valence-corrected chi connectivity index (χ4v) is 4.82. The smallest absolute Gasteiger partial charge is 0.265 e. The molecule has 1 aromatic rings. The number of rotatable bonds is 3. The Bertz CT molecular complexity index is 868. The lowest BCUT2D eigenvalue weighted by molar-refractivity contribution is -0.121. The third-order valence-corrected chi connectivity index (χ3v) is 6.87. The van der Waals surface area contributed by atoms with Gasteiger partial charge in [0.1, 0.15) is 4.32 Å². The van der Waals surface area contributed by atoms with Crippen molar-refractivity contribution in [2.24, 2.45) is 5.73 Å². The van der Waals surface area contributed by atoms with Crippen molar-refractivity contribution in [2.75, 3.05) is 7.05 Å². The standard InChI is InChI=1S/C20H20N2OS3/c1-13-9-10-16-14(11-13)12-15(21)17(25-16)7-5-3-4-6-8-18-19(23)22(2)20(24)26-18/h3-11,15H,12,21H2,1-2H3/b5-3+,6-4+,17-7-,18-8+. The normalized spacial score (nSPS) is 23.8. The molecule has 1 atom stereocenters. The molecule has 0 aromatic heterocycles. The van der Waals surface area contributed by atoms with Gasteiger partial charge in [0.05, 0.1) is 4.91 Å². The number of benzene rings is 1. The second kappa shape index (κ2) is 8.39. The van der Waals surface area contributed by atoms with E-state index in [-0.39, 0.29) is 11.9 Å². The van der Waals surface area contributed by atoms with Crippen molar-refractivity contribution in [1.29, 1.82) is 0 Å². The molecule has 0 saturated carbocycles. The van der Waals surface area contributed by atoms with Crippen LogP contribution in [-0.4, -0.2) is 28.2 Å². The molecule has 1 saturated heterocycles. The molecule has 2 aliphatic rings. The largest absolute Gasteiger partial charge is 0.323 e. The van der Waals surface area contributed by atoms with E-state index in [4.69, 9.17) is 18.0 Å². The summed E-state index contributed by atoms with van der Waals surface area (Å²) in [6.07, 6.45) is 12.4. The van der Waals surface area contributed by atoms with Crippen LogP contribution in [-0.2, 0) is 11.2 Å². The first kappa shape index (κ1) is 19.2. The number of amides is 1. The molecule has 6 heteroatoms. The van der Waals surface area contributed by atoms with Gasteiger partial charge in [-0.1, -0.05) is 83.8 Å². The molecule has 0 aliphatic carbocycles. The number of allylic oxidation sites excluding steroid dienone is 6. The summed E-state index contributed by atoms with van der Waals surface area (Å²) >= 11 is 8.17. The molecule has 1 fully saturated rings. The van der Waals surface area contributed by atoms with Gasteiger partial charge in [0.15, 0.2) is 0 Å². The summed E-state index contributed by atoms with van der Waals surface area (Å²) in [5, 5.41) is 0. The third kappa shape index (κ3) is 4.38. The number of hydrogen-bond acceptors (Lipinski definition) is 5. The van der Waals surface area contributed by atoms with Crippen LogP contribution in [0.3, 0.4) is 0 Å². The monoisotopic (exact) mass is 400 g/mol. The Hall–Kier alpha value is -1.60. The lowest BCUT2D eigenvalue weighted by Gasteiger charge is -2.24. The summed E-state index contributed by atoms with van der Waals surface area (Å²) in [5.41, 5.74) is 8.90. The average molecular weight is 401 g/mol. The van der Waals surface area contributed by atoms with Crippen molar-refractivity contribution in [3.8, 4) is 0 Å². The van der Waals surface area contributed by atoms with Crippen LogP contribution in [0.4, 0.5) is 0 Å². The quantitative estimate of drug-likeness (QED) is 0.465. The number of carbonyl (C=O) groups excluding carboxylic acids is 1. The zero-order valence-electron chi connectivity index (χ0n) is 14.6. The zero-order chi connectivity index (χ0) is 18.7. The zero-order valence-corrected chi connectivity index (χ0v) is 17.1. The van der Waals surface area contributed by atoms with Gasteiger partial charge in [0.2, 0.25) is 0 Å². The van der Waals surface area contributed by atoms with Gasteiger partial charge in [-0.2, -0.15) is 0 Å². The Morgan fingerprint density at radius 1 is 1.19 bits per heavy atom. The number of fused-ring (bicyclic) bond motifs is 1. The van der Waals surface area contributed by atoms with Crippen LogP contribution in [0.25, 0.3) is 0 Å². The highest BCUT2D eigenvalue weighted by Gasteiger charge is 2.27. The van der Waals surface area contributed by atoms with Gasteiger partial charge in [0, 0.05) is 22.9 Å². The molecule has 3 rings (SSSR count). The van der Waals surface area contributed by atoms with E-state index in [0.29, 0.717) is 9.23 Å². The van der Waals surface area contributed by atoms with E-state index in [1.807, 2.05) is 24.3 Å². The summed E-state index contributed by atoms with van der Waals surface area (Å²) in [4.78, 5) is 16.5. The molecular weight excluding hydrogens is 380 g/mol. The number of likely N-dealkylation sites (N-methyl/N-ethyl adjacent to an activating group) is 1. The molecule has 2 N–H and O–H groups in total. The second-order valence-corrected chi connectivity index (χ2v) is 8.92. The van der Waals surface area contributed by atoms with Crippen LogP contribution in [0.2, 0.25) is 0 Å². The number of aryl methyl sites for hydroxylation is 1. The summed E-state index contributed by atoms with van der Waals surface area (Å²) in [5.74, 6) is -0.0470. The molecule has 1 amide bonds. The number of nitrogens with zero attached hydrogens (tertiary/aromatic N) is 1. The fourth-order valence-electron chi connectivity index (χ4n) is 2.65. The number of hydrogen-bond donors (Lipinski definition) is 1. The van der Waals surface area contributed by atoms with Gasteiger partial charge >= 0.3 is 0 Å². The number of carbonyl (C=O) groups is 1. The molecular formula is C20H20N2OS3. The molecule has 1 unspecified atom stereocenters. The Morgan fingerprint density at radius 3 is 2.62 bits per heavy atom. The van der Waals surface area contributed by atoms with Crippen molar-refractivity contribution in [3.63, 3.8) is 0 Å². The van der Waals surface area contributed by atoms with E-state index in [1.54, 1.807) is 24.9 Å². The fraction of sp³-hybridized carbons (Fsp3) is 0.200. The molecule has 26 heavy (non-hydrogen) atoms. The molecule has 134 valence electrons. The Kier molecular flexibility index (Phi) is 6.19. The van der Waals surface area contributed by atoms with Crippen LogP contribution >= 0.6 is 35.7 Å². The molecule has 1 aromatic carbocycles. The summed E-state index contributed by atoms with van der Waals surface area (Å²) in [6.45, 7) is 2.11. The highest BCUT2D eigenvalue weighted by atomic mass is 32.2. The maximum Gasteiger partial charge on any atom is 0.265 e. The Balaban J connectivity index is 1.62. The molecule has 3 nitrogen and oxygen atoms in total. The molecule has 0 spiro atoms. The molecule has 0 bridgehead atoms. The minimum Gasteiger partial charge on any atom is -0.323 e. The maximum absolute atomic E-state index is 11.9.